The van der Waals surface area contributed by atoms with Crippen molar-refractivity contribution >= 4 is 50.2 Å². The smallest absolute Gasteiger partial charge is 0.151 e. The first-order valence-corrected chi connectivity index (χ1v) is 7.60. The SMILES string of the molecule is Fc1cc(Cl)c(-n2c(CCl)nc3c(F)cccc32)c(Br)c1. The molecule has 0 fully saturated rings. The van der Waals surface area contributed by atoms with Gasteiger partial charge >= 0.3 is 0 Å². The minimum Gasteiger partial charge on any atom is -0.293 e. The first-order chi connectivity index (χ1) is 10.0. The molecule has 0 radical (unpaired) electrons. The Balaban J connectivity index is 2.42. The van der Waals surface area contributed by atoms with E-state index in [1.165, 1.54) is 18.2 Å². The molecule has 0 aliphatic rings. The van der Waals surface area contributed by atoms with Gasteiger partial charge in [-0.15, -0.1) is 11.6 Å². The number of rotatable bonds is 2. The van der Waals surface area contributed by atoms with Crippen LogP contribution in [0.25, 0.3) is 16.7 Å². The van der Waals surface area contributed by atoms with Gasteiger partial charge in [0.2, 0.25) is 0 Å². The van der Waals surface area contributed by atoms with Crippen LogP contribution in [0.4, 0.5) is 8.78 Å². The number of aromatic nitrogens is 2. The lowest BCUT2D eigenvalue weighted by Gasteiger charge is -2.12. The molecule has 0 bridgehead atoms. The van der Waals surface area contributed by atoms with E-state index in [0.717, 1.165) is 0 Å². The number of nitrogens with zero attached hydrogens (tertiary/aromatic N) is 2. The van der Waals surface area contributed by atoms with Crippen molar-refractivity contribution in [1.29, 1.82) is 0 Å². The highest BCUT2D eigenvalue weighted by atomic mass is 79.9. The Morgan fingerprint density at radius 1 is 1.24 bits per heavy atom. The highest BCUT2D eigenvalue weighted by Crippen LogP contribution is 2.34. The van der Waals surface area contributed by atoms with Gasteiger partial charge in [0, 0.05) is 4.47 Å². The fourth-order valence-corrected chi connectivity index (χ4v) is 3.39. The Hall–Kier alpha value is -1.17. The summed E-state index contributed by atoms with van der Waals surface area (Å²) in [5.74, 6) is -0.439. The van der Waals surface area contributed by atoms with E-state index in [9.17, 15) is 8.78 Å². The van der Waals surface area contributed by atoms with Gasteiger partial charge in [-0.1, -0.05) is 17.7 Å². The van der Waals surface area contributed by atoms with Crippen molar-refractivity contribution in [3.63, 3.8) is 0 Å². The maximum atomic E-state index is 13.9. The molecule has 0 saturated heterocycles. The summed E-state index contributed by atoms with van der Waals surface area (Å²) in [4.78, 5) is 4.19. The van der Waals surface area contributed by atoms with Gasteiger partial charge in [-0.2, -0.15) is 0 Å². The third-order valence-corrected chi connectivity index (χ3v) is 4.16. The van der Waals surface area contributed by atoms with Gasteiger partial charge in [0.1, 0.15) is 17.2 Å². The molecule has 0 aliphatic carbocycles. The van der Waals surface area contributed by atoms with E-state index >= 15 is 0 Å². The summed E-state index contributed by atoms with van der Waals surface area (Å²) in [6, 6.07) is 7.06. The Labute approximate surface area is 137 Å². The molecule has 0 aliphatic heterocycles. The van der Waals surface area contributed by atoms with Crippen molar-refractivity contribution in [3.8, 4) is 5.69 Å². The summed E-state index contributed by atoms with van der Waals surface area (Å²) in [7, 11) is 0. The van der Waals surface area contributed by atoms with E-state index in [1.54, 1.807) is 16.7 Å². The second kappa shape index (κ2) is 5.55. The Bertz CT molecular complexity index is 825. The average Bonchev–Trinajstić information content (AvgIpc) is 2.78. The van der Waals surface area contributed by atoms with Gasteiger partial charge in [-0.25, -0.2) is 13.8 Å². The molecular weight excluding hydrogens is 385 g/mol. The lowest BCUT2D eigenvalue weighted by molar-refractivity contribution is 0.626. The fraction of sp³-hybridized carbons (Fsp3) is 0.0714. The molecule has 7 heteroatoms. The number of halogens is 5. The lowest BCUT2D eigenvalue weighted by Crippen LogP contribution is -2.02. The van der Waals surface area contributed by atoms with E-state index in [4.69, 9.17) is 23.2 Å². The zero-order chi connectivity index (χ0) is 15.1. The average molecular weight is 392 g/mol. The molecule has 21 heavy (non-hydrogen) atoms. The van der Waals surface area contributed by atoms with E-state index in [2.05, 4.69) is 20.9 Å². The molecule has 2 nitrogen and oxygen atoms in total. The topological polar surface area (TPSA) is 17.8 Å². The van der Waals surface area contributed by atoms with Gasteiger partial charge < -0.3 is 0 Å². The van der Waals surface area contributed by atoms with E-state index < -0.39 is 11.6 Å². The largest absolute Gasteiger partial charge is 0.293 e. The molecule has 0 amide bonds. The van der Waals surface area contributed by atoms with Crippen LogP contribution in [-0.2, 0) is 5.88 Å². The maximum absolute atomic E-state index is 13.9. The van der Waals surface area contributed by atoms with Crippen LogP contribution in [0.5, 0.6) is 0 Å². The fourth-order valence-electron chi connectivity index (χ4n) is 2.20. The predicted octanol–water partition coefficient (Wildman–Crippen LogP) is 5.46. The van der Waals surface area contributed by atoms with Crippen LogP contribution in [0.1, 0.15) is 5.82 Å². The van der Waals surface area contributed by atoms with Crippen molar-refractivity contribution in [2.24, 2.45) is 0 Å². The van der Waals surface area contributed by atoms with Gasteiger partial charge in [0.05, 0.1) is 22.1 Å². The van der Waals surface area contributed by atoms with Gasteiger partial charge in [0.15, 0.2) is 5.82 Å². The molecule has 1 heterocycles. The molecule has 0 atom stereocenters. The lowest BCUT2D eigenvalue weighted by atomic mass is 10.2. The number of hydrogen-bond acceptors (Lipinski definition) is 1. The molecule has 0 N–H and O–H groups in total. The van der Waals surface area contributed by atoms with Crippen LogP contribution in [-0.4, -0.2) is 9.55 Å². The van der Waals surface area contributed by atoms with Crippen molar-refractivity contribution in [2.45, 2.75) is 5.88 Å². The summed E-state index contributed by atoms with van der Waals surface area (Å²) in [5, 5.41) is 0.178. The quantitative estimate of drug-likeness (QED) is 0.530. The Kier molecular flexibility index (Phi) is 3.90. The molecule has 0 spiro atoms. The molecule has 1 aromatic heterocycles. The van der Waals surface area contributed by atoms with Gasteiger partial charge in [0.25, 0.3) is 0 Å². The Morgan fingerprint density at radius 2 is 2.00 bits per heavy atom. The first-order valence-electron chi connectivity index (χ1n) is 5.89. The Morgan fingerprint density at radius 3 is 2.67 bits per heavy atom. The van der Waals surface area contributed by atoms with Crippen LogP contribution in [0, 0.1) is 11.6 Å². The second-order valence-corrected chi connectivity index (χ2v) is 5.85. The first kappa shape index (κ1) is 14.8. The molecule has 2 aromatic carbocycles. The number of fused-ring (bicyclic) bond motifs is 1. The zero-order valence-electron chi connectivity index (χ0n) is 10.4. The van der Waals surface area contributed by atoms with Crippen LogP contribution in [0.3, 0.4) is 0 Å². The summed E-state index contributed by atoms with van der Waals surface area (Å²) >= 11 is 15.3. The number of alkyl halides is 1. The zero-order valence-corrected chi connectivity index (χ0v) is 13.5. The van der Waals surface area contributed by atoms with E-state index in [0.29, 0.717) is 21.5 Å². The molecule has 0 saturated carbocycles. The minimum atomic E-state index is -0.473. The molecule has 3 aromatic rings. The van der Waals surface area contributed by atoms with Crippen molar-refractivity contribution in [2.75, 3.05) is 0 Å². The molecule has 0 unspecified atom stereocenters. The highest BCUT2D eigenvalue weighted by Gasteiger charge is 2.19. The summed E-state index contributed by atoms with van der Waals surface area (Å²) in [6.07, 6.45) is 0. The summed E-state index contributed by atoms with van der Waals surface area (Å²) < 4.78 is 29.3. The molecular formula is C14H7BrCl2F2N2. The van der Waals surface area contributed by atoms with E-state index in [1.807, 2.05) is 0 Å². The van der Waals surface area contributed by atoms with Crippen molar-refractivity contribution in [3.05, 3.63) is 57.3 Å². The van der Waals surface area contributed by atoms with Gasteiger partial charge in [-0.05, 0) is 40.2 Å². The number of hydrogen-bond donors (Lipinski definition) is 0. The maximum Gasteiger partial charge on any atom is 0.151 e. The van der Waals surface area contributed by atoms with Crippen molar-refractivity contribution in [1.82, 2.24) is 9.55 Å². The van der Waals surface area contributed by atoms with Crippen LogP contribution >= 0.6 is 39.1 Å². The van der Waals surface area contributed by atoms with Crippen LogP contribution in [0.15, 0.2) is 34.8 Å². The van der Waals surface area contributed by atoms with Gasteiger partial charge in [-0.3, -0.25) is 4.57 Å². The monoisotopic (exact) mass is 390 g/mol. The molecule has 3 rings (SSSR count). The number of imidazole rings is 1. The minimum absolute atomic E-state index is 0.0638. The second-order valence-electron chi connectivity index (χ2n) is 4.32. The van der Waals surface area contributed by atoms with Crippen LogP contribution in [0.2, 0.25) is 5.02 Å². The van der Waals surface area contributed by atoms with Crippen LogP contribution < -0.4 is 0 Å². The standard InChI is InChI=1S/C14H7BrCl2F2N2/c15-8-4-7(18)5-9(17)14(8)21-11-3-1-2-10(19)13(11)20-12(21)6-16/h1-5H,6H2. The molecule has 108 valence electrons. The normalized spacial score (nSPS) is 11.3. The number of para-hydroxylation sites is 1. The van der Waals surface area contributed by atoms with Crippen molar-refractivity contribution < 1.29 is 8.78 Å². The summed E-state index contributed by atoms with van der Waals surface area (Å²) in [6.45, 7) is 0. The highest BCUT2D eigenvalue weighted by molar-refractivity contribution is 9.10. The predicted molar refractivity (Wildman–Crippen MR) is 83.3 cm³/mol. The number of benzene rings is 2. The third-order valence-electron chi connectivity index (χ3n) is 3.03. The summed E-state index contributed by atoms with van der Waals surface area (Å²) in [5.41, 5.74) is 1.18. The van der Waals surface area contributed by atoms with E-state index in [-0.39, 0.29) is 16.4 Å². The third kappa shape index (κ3) is 2.43.